The molecular weight excluding hydrogens is 309 g/mol. The van der Waals surface area contributed by atoms with Crippen molar-refractivity contribution in [3.05, 3.63) is 30.1 Å². The average molecular weight is 337 g/mol. The highest BCUT2D eigenvalue weighted by Crippen LogP contribution is 2.29. The Morgan fingerprint density at radius 1 is 1.08 bits per heavy atom. The smallest absolute Gasteiger partial charge is 0.137 e. The molecule has 5 heteroatoms. The predicted octanol–water partition coefficient (Wildman–Crippen LogP) is 2.73. The summed E-state index contributed by atoms with van der Waals surface area (Å²) >= 11 is 0. The van der Waals surface area contributed by atoms with Gasteiger partial charge in [0, 0.05) is 19.1 Å². The summed E-state index contributed by atoms with van der Waals surface area (Å²) in [7, 11) is 0. The number of likely N-dealkylation sites (tertiary alicyclic amines) is 1. The lowest BCUT2D eigenvalue weighted by Crippen LogP contribution is -2.61. The van der Waals surface area contributed by atoms with Crippen molar-refractivity contribution < 1.29 is 19.3 Å². The molecule has 1 heterocycles. The van der Waals surface area contributed by atoms with Crippen LogP contribution in [0.15, 0.2) is 24.3 Å². The molecule has 134 valence electrons. The van der Waals surface area contributed by atoms with E-state index in [2.05, 4.69) is 4.90 Å². The number of aliphatic hydroxyl groups is 2. The van der Waals surface area contributed by atoms with Crippen LogP contribution in [-0.4, -0.2) is 52.6 Å². The van der Waals surface area contributed by atoms with E-state index in [0.29, 0.717) is 24.8 Å². The van der Waals surface area contributed by atoms with Crippen LogP contribution >= 0.6 is 0 Å². The minimum atomic E-state index is -1.28. The van der Waals surface area contributed by atoms with Gasteiger partial charge in [-0.25, -0.2) is 4.39 Å². The van der Waals surface area contributed by atoms with Crippen molar-refractivity contribution in [1.82, 2.24) is 4.90 Å². The standard InChI is InChI=1S/C19H28FNO3/c20-15-7-9-17(10-8-15)24-14-19(23)13-21(12-11-18(19)22)16-5-3-1-2-4-6-16/h7-10,16,18,22-23H,1-6,11-14H2/t18-,19-/m0/s1. The van der Waals surface area contributed by atoms with Gasteiger partial charge in [-0.15, -0.1) is 0 Å². The van der Waals surface area contributed by atoms with Crippen LogP contribution in [0.5, 0.6) is 5.75 Å². The van der Waals surface area contributed by atoms with Crippen LogP contribution in [-0.2, 0) is 0 Å². The Morgan fingerprint density at radius 2 is 1.75 bits per heavy atom. The van der Waals surface area contributed by atoms with Crippen LogP contribution in [0.1, 0.15) is 44.9 Å². The third-order valence-corrected chi connectivity index (χ3v) is 5.43. The first-order valence-corrected chi connectivity index (χ1v) is 9.10. The van der Waals surface area contributed by atoms with Crippen molar-refractivity contribution in [3.8, 4) is 5.75 Å². The Hall–Kier alpha value is -1.17. The number of ether oxygens (including phenoxy) is 1. The Labute approximate surface area is 143 Å². The SMILES string of the molecule is O[C@H]1CCN(C2CCCCCC2)C[C@]1(O)COc1ccc(F)cc1. The summed E-state index contributed by atoms with van der Waals surface area (Å²) in [6.07, 6.45) is 7.19. The summed E-state index contributed by atoms with van der Waals surface area (Å²) in [5.41, 5.74) is -1.28. The van der Waals surface area contributed by atoms with Gasteiger partial charge in [0.1, 0.15) is 23.8 Å². The average Bonchev–Trinajstić information content (AvgIpc) is 2.86. The van der Waals surface area contributed by atoms with E-state index in [4.69, 9.17) is 4.74 Å². The van der Waals surface area contributed by atoms with Gasteiger partial charge in [-0.05, 0) is 43.5 Å². The normalized spacial score (nSPS) is 30.0. The number of aliphatic hydroxyl groups excluding tert-OH is 1. The summed E-state index contributed by atoms with van der Waals surface area (Å²) in [5, 5.41) is 21.2. The first-order valence-electron chi connectivity index (χ1n) is 9.10. The van der Waals surface area contributed by atoms with Gasteiger partial charge in [0.05, 0.1) is 6.10 Å². The lowest BCUT2D eigenvalue weighted by atomic mass is 9.88. The molecule has 1 aliphatic heterocycles. The van der Waals surface area contributed by atoms with Crippen molar-refractivity contribution in [2.75, 3.05) is 19.7 Å². The number of halogens is 1. The van der Waals surface area contributed by atoms with Gasteiger partial charge >= 0.3 is 0 Å². The Morgan fingerprint density at radius 3 is 2.42 bits per heavy atom. The van der Waals surface area contributed by atoms with Crippen LogP contribution in [0.2, 0.25) is 0 Å². The maximum absolute atomic E-state index is 13.0. The van der Waals surface area contributed by atoms with Crippen LogP contribution in [0.3, 0.4) is 0 Å². The molecule has 2 atom stereocenters. The molecule has 2 N–H and O–H groups in total. The zero-order chi connectivity index (χ0) is 17.0. The number of nitrogens with zero attached hydrogens (tertiary/aromatic N) is 1. The number of piperidine rings is 1. The fourth-order valence-electron chi connectivity index (χ4n) is 3.91. The molecule has 0 radical (unpaired) electrons. The summed E-state index contributed by atoms with van der Waals surface area (Å²) < 4.78 is 18.6. The largest absolute Gasteiger partial charge is 0.490 e. The molecule has 1 aliphatic carbocycles. The quantitative estimate of drug-likeness (QED) is 0.830. The summed E-state index contributed by atoms with van der Waals surface area (Å²) in [4.78, 5) is 2.33. The number of benzene rings is 1. The maximum atomic E-state index is 13.0. The van der Waals surface area contributed by atoms with Crippen molar-refractivity contribution in [3.63, 3.8) is 0 Å². The van der Waals surface area contributed by atoms with Crippen LogP contribution < -0.4 is 4.74 Å². The minimum Gasteiger partial charge on any atom is -0.490 e. The second-order valence-corrected chi connectivity index (χ2v) is 7.27. The zero-order valence-corrected chi connectivity index (χ0v) is 14.2. The molecular formula is C19H28FNO3. The van der Waals surface area contributed by atoms with Crippen molar-refractivity contribution >= 4 is 0 Å². The molecule has 1 aromatic rings. The van der Waals surface area contributed by atoms with Crippen LogP contribution in [0.4, 0.5) is 4.39 Å². The van der Waals surface area contributed by atoms with Gasteiger partial charge in [-0.3, -0.25) is 4.90 Å². The van der Waals surface area contributed by atoms with Crippen LogP contribution in [0.25, 0.3) is 0 Å². The molecule has 4 nitrogen and oxygen atoms in total. The molecule has 0 amide bonds. The van der Waals surface area contributed by atoms with E-state index in [-0.39, 0.29) is 12.4 Å². The second kappa shape index (κ2) is 7.81. The van der Waals surface area contributed by atoms with E-state index in [9.17, 15) is 14.6 Å². The van der Waals surface area contributed by atoms with Gasteiger partial charge in [0.25, 0.3) is 0 Å². The Bertz CT molecular complexity index is 516. The van der Waals surface area contributed by atoms with Gasteiger partial charge in [-0.2, -0.15) is 0 Å². The lowest BCUT2D eigenvalue weighted by Gasteiger charge is -2.45. The first kappa shape index (κ1) is 17.6. The highest BCUT2D eigenvalue weighted by molar-refractivity contribution is 5.22. The monoisotopic (exact) mass is 337 g/mol. The van der Waals surface area contributed by atoms with E-state index in [1.165, 1.54) is 62.8 Å². The van der Waals surface area contributed by atoms with Crippen LogP contribution in [0, 0.1) is 5.82 Å². The summed E-state index contributed by atoms with van der Waals surface area (Å²) in [6.45, 7) is 1.27. The van der Waals surface area contributed by atoms with E-state index in [1.54, 1.807) is 0 Å². The van der Waals surface area contributed by atoms with Crippen molar-refractivity contribution in [2.45, 2.75) is 62.7 Å². The Kier molecular flexibility index (Phi) is 5.74. The van der Waals surface area contributed by atoms with Crippen molar-refractivity contribution in [2.24, 2.45) is 0 Å². The topological polar surface area (TPSA) is 52.9 Å². The van der Waals surface area contributed by atoms with Gasteiger partial charge in [0.15, 0.2) is 0 Å². The first-order chi connectivity index (χ1) is 11.6. The fourth-order valence-corrected chi connectivity index (χ4v) is 3.91. The number of hydrogen-bond acceptors (Lipinski definition) is 4. The molecule has 0 aromatic heterocycles. The van der Waals surface area contributed by atoms with E-state index in [1.807, 2.05) is 0 Å². The fraction of sp³-hybridized carbons (Fsp3) is 0.684. The summed E-state index contributed by atoms with van der Waals surface area (Å²) in [5.74, 6) is 0.182. The van der Waals surface area contributed by atoms with E-state index in [0.717, 1.165) is 6.54 Å². The minimum absolute atomic E-state index is 0.0169. The Balaban J connectivity index is 1.61. The summed E-state index contributed by atoms with van der Waals surface area (Å²) in [6, 6.07) is 6.23. The number of hydrogen-bond donors (Lipinski definition) is 2. The van der Waals surface area contributed by atoms with Gasteiger partial charge in [-0.1, -0.05) is 25.7 Å². The van der Waals surface area contributed by atoms with Gasteiger partial charge in [0.2, 0.25) is 0 Å². The lowest BCUT2D eigenvalue weighted by molar-refractivity contribution is -0.145. The maximum Gasteiger partial charge on any atom is 0.137 e. The molecule has 3 rings (SSSR count). The molecule has 1 saturated heterocycles. The zero-order valence-electron chi connectivity index (χ0n) is 14.2. The van der Waals surface area contributed by atoms with E-state index < -0.39 is 11.7 Å². The second-order valence-electron chi connectivity index (χ2n) is 7.27. The molecule has 0 bridgehead atoms. The third kappa shape index (κ3) is 4.26. The van der Waals surface area contributed by atoms with Gasteiger partial charge < -0.3 is 14.9 Å². The molecule has 24 heavy (non-hydrogen) atoms. The molecule has 2 fully saturated rings. The highest BCUT2D eigenvalue weighted by atomic mass is 19.1. The predicted molar refractivity (Wildman–Crippen MR) is 90.5 cm³/mol. The van der Waals surface area contributed by atoms with E-state index >= 15 is 0 Å². The molecule has 0 spiro atoms. The molecule has 2 aliphatic rings. The molecule has 0 unspecified atom stereocenters. The van der Waals surface area contributed by atoms with Crippen molar-refractivity contribution in [1.29, 1.82) is 0 Å². The number of rotatable bonds is 4. The highest BCUT2D eigenvalue weighted by Gasteiger charge is 2.43. The molecule has 1 aromatic carbocycles. The third-order valence-electron chi connectivity index (χ3n) is 5.43. The molecule has 1 saturated carbocycles. The number of β-amino-alcohol motifs (C(OH)–C–C–N with tert-alkyl or cyclic N) is 1.